The van der Waals surface area contributed by atoms with Crippen LogP contribution in [0.4, 0.5) is 11.4 Å². The lowest BCUT2D eigenvalue weighted by atomic mass is 10.0. The third kappa shape index (κ3) is 7.94. The van der Waals surface area contributed by atoms with Crippen molar-refractivity contribution >= 4 is 52.1 Å². The molecule has 0 bridgehead atoms. The minimum absolute atomic E-state index is 0.358. The molecular weight excluding hydrogens is 523 g/mol. The van der Waals surface area contributed by atoms with Crippen LogP contribution in [-0.2, 0) is 0 Å². The molecule has 1 nitrogen and oxygen atoms in total. The number of allylic oxidation sites excluding steroid dienone is 12. The van der Waals surface area contributed by atoms with Gasteiger partial charge in [0.2, 0.25) is 0 Å². The average Bonchev–Trinajstić information content (AvgIpc) is 2.97. The Morgan fingerprint density at radius 1 is 0.950 bits per heavy atom. The first kappa shape index (κ1) is 30.9. The van der Waals surface area contributed by atoms with E-state index in [1.165, 1.54) is 16.3 Å². The number of rotatable bonds is 8. The van der Waals surface area contributed by atoms with Crippen molar-refractivity contribution in [2.75, 3.05) is 11.2 Å². The van der Waals surface area contributed by atoms with Crippen LogP contribution < -0.4 is 4.90 Å². The molecule has 0 fully saturated rings. The van der Waals surface area contributed by atoms with Gasteiger partial charge in [-0.1, -0.05) is 135 Å². The van der Waals surface area contributed by atoms with Crippen LogP contribution in [0, 0.1) is 5.92 Å². The van der Waals surface area contributed by atoms with Gasteiger partial charge in [-0.15, -0.1) is 0 Å². The van der Waals surface area contributed by atoms with E-state index in [4.69, 9.17) is 0 Å². The molecule has 0 spiro atoms. The van der Waals surface area contributed by atoms with Crippen LogP contribution in [-0.4, -0.2) is 6.26 Å². The van der Waals surface area contributed by atoms with Gasteiger partial charge in [-0.05, 0) is 77.6 Å². The molecule has 1 aliphatic rings. The molecule has 204 valence electrons. The van der Waals surface area contributed by atoms with Crippen molar-refractivity contribution in [3.63, 3.8) is 0 Å². The summed E-state index contributed by atoms with van der Waals surface area (Å²) in [6, 6.07) is 21.5. The average molecular weight is 562 g/mol. The van der Waals surface area contributed by atoms with Crippen LogP contribution in [0.25, 0.3) is 16.3 Å². The Bertz CT molecular complexity index is 1510. The minimum atomic E-state index is 0.358. The van der Waals surface area contributed by atoms with Gasteiger partial charge in [0.15, 0.2) is 0 Å². The Kier molecular flexibility index (Phi) is 12.2. The van der Waals surface area contributed by atoms with Gasteiger partial charge >= 0.3 is 0 Å². The number of thioether (sulfide) groups is 1. The maximum atomic E-state index is 4.52. The molecule has 0 saturated carbocycles. The fourth-order valence-corrected chi connectivity index (χ4v) is 5.21. The van der Waals surface area contributed by atoms with Gasteiger partial charge < -0.3 is 4.90 Å². The molecule has 0 aromatic heterocycles. The molecule has 1 heterocycles. The van der Waals surface area contributed by atoms with E-state index in [1.54, 1.807) is 18.0 Å². The minimum Gasteiger partial charge on any atom is -0.310 e. The molecule has 40 heavy (non-hydrogen) atoms. The highest BCUT2D eigenvalue weighted by Gasteiger charge is 2.19. The smallest absolute Gasteiger partial charge is 0.0606 e. The van der Waals surface area contributed by atoms with Gasteiger partial charge in [0, 0.05) is 16.3 Å². The van der Waals surface area contributed by atoms with E-state index < -0.39 is 0 Å². The van der Waals surface area contributed by atoms with Gasteiger partial charge in [0.25, 0.3) is 0 Å². The molecule has 4 rings (SSSR count). The lowest BCUT2D eigenvalue weighted by molar-refractivity contribution is 0.863. The lowest BCUT2D eigenvalue weighted by Crippen LogP contribution is -2.15. The van der Waals surface area contributed by atoms with Gasteiger partial charge in [-0.2, -0.15) is 12.6 Å². The summed E-state index contributed by atoms with van der Waals surface area (Å²) in [5.41, 5.74) is 6.47. The number of hydrogen-bond donors (Lipinski definition) is 1. The first-order valence-corrected chi connectivity index (χ1v) is 15.2. The Hall–Kier alpha value is -3.66. The molecule has 1 aliphatic heterocycles. The van der Waals surface area contributed by atoms with E-state index in [0.29, 0.717) is 5.92 Å². The molecule has 0 radical (unpaired) electrons. The highest BCUT2D eigenvalue weighted by atomic mass is 32.2. The Balaban J connectivity index is 0.00000216. The van der Waals surface area contributed by atoms with Crippen LogP contribution in [0.5, 0.6) is 0 Å². The van der Waals surface area contributed by atoms with Crippen LogP contribution in [0.15, 0.2) is 156 Å². The van der Waals surface area contributed by atoms with Crippen LogP contribution in [0.3, 0.4) is 0 Å². The molecule has 0 N–H and O–H groups in total. The fourth-order valence-electron chi connectivity index (χ4n) is 4.30. The van der Waals surface area contributed by atoms with E-state index >= 15 is 0 Å². The number of thiol groups is 1. The predicted octanol–water partition coefficient (Wildman–Crippen LogP) is 11.5. The van der Waals surface area contributed by atoms with E-state index in [9.17, 15) is 0 Å². The van der Waals surface area contributed by atoms with E-state index in [1.807, 2.05) is 19.1 Å². The van der Waals surface area contributed by atoms with Crippen LogP contribution >= 0.6 is 24.4 Å². The maximum absolute atomic E-state index is 4.52. The number of nitrogens with zero attached hydrogens (tertiary/aromatic N) is 1. The molecule has 0 saturated heterocycles. The number of hydrogen-bond acceptors (Lipinski definition) is 3. The molecule has 3 aromatic rings. The van der Waals surface area contributed by atoms with Crippen molar-refractivity contribution in [1.82, 2.24) is 0 Å². The van der Waals surface area contributed by atoms with Crippen molar-refractivity contribution < 1.29 is 0 Å². The summed E-state index contributed by atoms with van der Waals surface area (Å²) >= 11 is 5.24. The van der Waals surface area contributed by atoms with Crippen molar-refractivity contribution in [3.8, 4) is 0 Å². The quantitative estimate of drug-likeness (QED) is 0.215. The molecule has 1 atom stereocenters. The summed E-state index contributed by atoms with van der Waals surface area (Å²) in [5, 5.41) is 4.54. The molecular formula is C37H39NS2. The third-order valence-corrected chi connectivity index (χ3v) is 7.56. The normalized spacial score (nSPS) is 15.8. The zero-order chi connectivity index (χ0) is 28.9. The van der Waals surface area contributed by atoms with E-state index in [-0.39, 0.29) is 0 Å². The Morgan fingerprint density at radius 3 is 2.50 bits per heavy atom. The monoisotopic (exact) mass is 561 g/mol. The van der Waals surface area contributed by atoms with Crippen molar-refractivity contribution in [1.29, 1.82) is 0 Å². The summed E-state index contributed by atoms with van der Waals surface area (Å²) in [6.07, 6.45) is 22.6. The molecule has 3 aromatic carbocycles. The van der Waals surface area contributed by atoms with Crippen molar-refractivity contribution in [2.24, 2.45) is 5.92 Å². The molecule has 0 aliphatic carbocycles. The predicted molar refractivity (Wildman–Crippen MR) is 186 cm³/mol. The summed E-state index contributed by atoms with van der Waals surface area (Å²) in [6.45, 7) is 15.3. The molecule has 1 unspecified atom stereocenters. The molecule has 3 heteroatoms. The van der Waals surface area contributed by atoms with Crippen molar-refractivity contribution in [2.45, 2.75) is 25.7 Å². The highest BCUT2D eigenvalue weighted by molar-refractivity contribution is 8.02. The second-order valence-electron chi connectivity index (χ2n) is 9.31. The standard InChI is InChI=1S/C36H35NS.CH4S/c1-6-7-8-15-27(2)28(3)17-13-18-30(5)37(33-24-23-31-19-9-10-20-32(31)26-33)35-22-14-21-34-29(4)16-11-12-25-38-36(34)35;1-2/h6-27H,4-5H2,1-3H3;2H,1H3/b7-6-,15-8-,16-11-,18-13-,25-12-,28-17+;. The second-order valence-corrected chi connectivity index (χ2v) is 10.2. The first-order valence-electron chi connectivity index (χ1n) is 13.4. The van der Waals surface area contributed by atoms with Gasteiger partial charge in [-0.3, -0.25) is 0 Å². The fraction of sp³-hybridized carbons (Fsp3) is 0.135. The lowest BCUT2D eigenvalue weighted by Gasteiger charge is -2.29. The number of benzene rings is 3. The summed E-state index contributed by atoms with van der Waals surface area (Å²) in [4.78, 5) is 3.41. The van der Waals surface area contributed by atoms with Crippen LogP contribution in [0.2, 0.25) is 0 Å². The Labute approximate surface area is 250 Å². The number of fused-ring (bicyclic) bond motifs is 2. The second kappa shape index (κ2) is 15.8. The third-order valence-electron chi connectivity index (χ3n) is 6.60. The molecule has 0 amide bonds. The van der Waals surface area contributed by atoms with Gasteiger partial charge in [0.05, 0.1) is 5.69 Å². The van der Waals surface area contributed by atoms with Gasteiger partial charge in [0.1, 0.15) is 0 Å². The Morgan fingerprint density at radius 2 is 1.73 bits per heavy atom. The summed E-state index contributed by atoms with van der Waals surface area (Å²) in [5.74, 6) is 0.358. The summed E-state index contributed by atoms with van der Waals surface area (Å²) in [7, 11) is 0. The number of anilines is 2. The summed E-state index contributed by atoms with van der Waals surface area (Å²) < 4.78 is 0. The topological polar surface area (TPSA) is 3.24 Å². The first-order chi connectivity index (χ1) is 19.5. The SMILES string of the molecule is C=C1/C=C\C=C/Sc2c1cccc2N(C(=C)/C=C\C=C(/C)C(C)/C=C\C=C/C)c1ccc2ccccc2c1.CS. The van der Waals surface area contributed by atoms with Gasteiger partial charge in [-0.25, -0.2) is 0 Å². The van der Waals surface area contributed by atoms with Crippen LogP contribution in [0.1, 0.15) is 26.3 Å². The zero-order valence-electron chi connectivity index (χ0n) is 23.9. The largest absolute Gasteiger partial charge is 0.310 e. The highest BCUT2D eigenvalue weighted by Crippen LogP contribution is 2.43. The van der Waals surface area contributed by atoms with E-state index in [0.717, 1.165) is 33.1 Å². The zero-order valence-corrected chi connectivity index (χ0v) is 25.6. The van der Waals surface area contributed by atoms with Crippen molar-refractivity contribution in [3.05, 3.63) is 157 Å². The maximum Gasteiger partial charge on any atom is 0.0606 e. The van der Waals surface area contributed by atoms with E-state index in [2.05, 4.69) is 159 Å².